The van der Waals surface area contributed by atoms with E-state index in [1.54, 1.807) is 26.2 Å². The SMILES string of the molecule is CCS(=O)(=O)c1c(-c2nc3cc(C(F)(F)F)ncc3n2C)nc(-c2cccc(C3(C#N)CC3)c2)n1C. The number of sulfone groups is 1. The van der Waals surface area contributed by atoms with Crippen LogP contribution in [0.5, 0.6) is 0 Å². The zero-order valence-corrected chi connectivity index (χ0v) is 20.4. The number of alkyl halides is 3. The predicted octanol–water partition coefficient (Wildman–Crippen LogP) is 4.40. The van der Waals surface area contributed by atoms with E-state index in [0.717, 1.165) is 30.7 Å². The number of benzene rings is 1. The fourth-order valence-corrected chi connectivity index (χ4v) is 5.59. The molecule has 3 heterocycles. The minimum Gasteiger partial charge on any atom is -0.324 e. The molecule has 4 aromatic rings. The fourth-order valence-electron chi connectivity index (χ4n) is 4.38. The quantitative estimate of drug-likeness (QED) is 0.391. The van der Waals surface area contributed by atoms with E-state index in [1.807, 2.05) is 12.1 Å². The number of hydrogen-bond acceptors (Lipinski definition) is 6. The van der Waals surface area contributed by atoms with Crippen molar-refractivity contribution in [3.63, 3.8) is 0 Å². The normalized spacial score (nSPS) is 15.2. The summed E-state index contributed by atoms with van der Waals surface area (Å²) in [6.45, 7) is 1.50. The van der Waals surface area contributed by atoms with Crippen molar-refractivity contribution in [3.8, 4) is 29.0 Å². The first kappa shape index (κ1) is 24.0. The van der Waals surface area contributed by atoms with Crippen LogP contribution in [0.25, 0.3) is 33.9 Å². The van der Waals surface area contributed by atoms with Gasteiger partial charge in [-0.1, -0.05) is 25.1 Å². The molecule has 0 aliphatic heterocycles. The summed E-state index contributed by atoms with van der Waals surface area (Å²) in [6.07, 6.45) is -2.08. The van der Waals surface area contributed by atoms with Gasteiger partial charge in [0.15, 0.2) is 20.7 Å². The largest absolute Gasteiger partial charge is 0.433 e. The number of hydrogen-bond donors (Lipinski definition) is 0. The minimum atomic E-state index is -4.64. The van der Waals surface area contributed by atoms with Crippen LogP contribution < -0.4 is 0 Å². The van der Waals surface area contributed by atoms with Gasteiger partial charge in [0.1, 0.15) is 17.2 Å². The Morgan fingerprint density at radius 3 is 2.44 bits per heavy atom. The molecule has 1 aliphatic carbocycles. The average Bonchev–Trinajstić information content (AvgIpc) is 3.48. The van der Waals surface area contributed by atoms with Gasteiger partial charge in [0.05, 0.1) is 34.5 Å². The van der Waals surface area contributed by atoms with Crippen molar-refractivity contribution in [1.29, 1.82) is 5.26 Å². The first-order valence-corrected chi connectivity index (χ1v) is 12.8. The maximum absolute atomic E-state index is 13.2. The van der Waals surface area contributed by atoms with Gasteiger partial charge >= 0.3 is 6.18 Å². The topological polar surface area (TPSA) is 106 Å². The van der Waals surface area contributed by atoms with Gasteiger partial charge in [-0.3, -0.25) is 0 Å². The standard InChI is InChI=1S/C24H21F3N6O2S/c1-4-36(34,35)22-19(21-30-16-11-18(24(25,26)27)29-12-17(16)32(21)2)31-20(33(22)3)14-6-5-7-15(10-14)23(13-28)8-9-23/h5-7,10-12H,4,8-9H2,1-3H3. The number of imidazole rings is 2. The summed E-state index contributed by atoms with van der Waals surface area (Å²) in [5, 5.41) is 9.51. The van der Waals surface area contributed by atoms with Crippen LogP contribution >= 0.6 is 0 Å². The van der Waals surface area contributed by atoms with Crippen molar-refractivity contribution in [2.75, 3.05) is 5.75 Å². The second-order valence-electron chi connectivity index (χ2n) is 8.88. The third-order valence-electron chi connectivity index (χ3n) is 6.62. The summed E-state index contributed by atoms with van der Waals surface area (Å²) in [5.74, 6) is 0.237. The lowest BCUT2D eigenvalue weighted by atomic mass is 9.96. The third-order valence-corrected chi connectivity index (χ3v) is 8.44. The molecule has 36 heavy (non-hydrogen) atoms. The predicted molar refractivity (Wildman–Crippen MR) is 125 cm³/mol. The fraction of sp³-hybridized carbons (Fsp3) is 0.333. The highest BCUT2D eigenvalue weighted by Crippen LogP contribution is 2.48. The van der Waals surface area contributed by atoms with Gasteiger partial charge in [-0.25, -0.2) is 23.4 Å². The lowest BCUT2D eigenvalue weighted by Gasteiger charge is -2.10. The Kier molecular flexibility index (Phi) is 5.26. The monoisotopic (exact) mass is 514 g/mol. The van der Waals surface area contributed by atoms with Gasteiger partial charge in [-0.05, 0) is 30.5 Å². The second kappa shape index (κ2) is 7.89. The Labute approximate surface area is 205 Å². The van der Waals surface area contributed by atoms with E-state index in [9.17, 15) is 26.9 Å². The van der Waals surface area contributed by atoms with Gasteiger partial charge in [0.25, 0.3) is 0 Å². The van der Waals surface area contributed by atoms with Crippen LogP contribution in [0, 0.1) is 11.3 Å². The van der Waals surface area contributed by atoms with Crippen molar-refractivity contribution in [1.82, 2.24) is 24.1 Å². The molecule has 0 unspecified atom stereocenters. The molecule has 8 nitrogen and oxygen atoms in total. The Hall–Kier alpha value is -3.72. The highest BCUT2D eigenvalue weighted by Gasteiger charge is 2.45. The molecule has 1 saturated carbocycles. The molecule has 186 valence electrons. The van der Waals surface area contributed by atoms with E-state index in [0.29, 0.717) is 16.9 Å². The number of fused-ring (bicyclic) bond motifs is 1. The minimum absolute atomic E-state index is 0.0218. The number of aromatic nitrogens is 5. The van der Waals surface area contributed by atoms with Gasteiger partial charge in [-0.15, -0.1) is 0 Å². The first-order chi connectivity index (χ1) is 16.9. The van der Waals surface area contributed by atoms with E-state index < -0.39 is 27.1 Å². The number of nitriles is 1. The van der Waals surface area contributed by atoms with Gasteiger partial charge in [-0.2, -0.15) is 18.4 Å². The molecule has 1 fully saturated rings. The molecule has 1 aliphatic rings. The zero-order chi connectivity index (χ0) is 26.0. The zero-order valence-electron chi connectivity index (χ0n) is 19.6. The number of nitrogens with zero attached hydrogens (tertiary/aromatic N) is 6. The number of halogens is 3. The third kappa shape index (κ3) is 3.65. The van der Waals surface area contributed by atoms with Crippen LogP contribution in [-0.2, 0) is 35.5 Å². The maximum Gasteiger partial charge on any atom is 0.433 e. The highest BCUT2D eigenvalue weighted by molar-refractivity contribution is 7.91. The van der Waals surface area contributed by atoms with Crippen LogP contribution in [0.1, 0.15) is 31.0 Å². The van der Waals surface area contributed by atoms with Crippen LogP contribution in [-0.4, -0.2) is 38.3 Å². The van der Waals surface area contributed by atoms with Crippen molar-refractivity contribution in [2.45, 2.75) is 36.4 Å². The molecular formula is C24H21F3N6O2S. The van der Waals surface area contributed by atoms with Crippen LogP contribution in [0.3, 0.4) is 0 Å². The number of rotatable bonds is 5. The summed E-state index contributed by atoms with van der Waals surface area (Å²) in [5.41, 5.74) is 0.184. The summed E-state index contributed by atoms with van der Waals surface area (Å²) >= 11 is 0. The molecule has 12 heteroatoms. The van der Waals surface area contributed by atoms with E-state index >= 15 is 0 Å². The maximum atomic E-state index is 13.2. The van der Waals surface area contributed by atoms with Gasteiger partial charge in [0, 0.05) is 19.7 Å². The Balaban J connectivity index is 1.74. The number of aryl methyl sites for hydroxylation is 1. The van der Waals surface area contributed by atoms with Crippen LogP contribution in [0.15, 0.2) is 41.6 Å². The average molecular weight is 515 g/mol. The molecule has 0 saturated heterocycles. The molecule has 3 aromatic heterocycles. The van der Waals surface area contributed by atoms with E-state index in [2.05, 4.69) is 21.0 Å². The lowest BCUT2D eigenvalue weighted by Crippen LogP contribution is -2.11. The molecule has 0 spiro atoms. The van der Waals surface area contributed by atoms with Crippen molar-refractivity contribution < 1.29 is 21.6 Å². The van der Waals surface area contributed by atoms with E-state index in [4.69, 9.17) is 0 Å². The van der Waals surface area contributed by atoms with Crippen LogP contribution in [0.4, 0.5) is 13.2 Å². The van der Waals surface area contributed by atoms with Crippen molar-refractivity contribution >= 4 is 20.9 Å². The number of pyridine rings is 1. The highest BCUT2D eigenvalue weighted by atomic mass is 32.2. The van der Waals surface area contributed by atoms with Crippen molar-refractivity contribution in [2.24, 2.45) is 14.1 Å². The van der Waals surface area contributed by atoms with Gasteiger partial charge in [0.2, 0.25) is 0 Å². The second-order valence-corrected chi connectivity index (χ2v) is 11.1. The van der Waals surface area contributed by atoms with Crippen LogP contribution in [0.2, 0.25) is 0 Å². The molecule has 0 atom stereocenters. The molecular weight excluding hydrogens is 493 g/mol. The van der Waals surface area contributed by atoms with Gasteiger partial charge < -0.3 is 9.13 Å². The molecule has 0 N–H and O–H groups in total. The first-order valence-electron chi connectivity index (χ1n) is 11.1. The molecule has 0 amide bonds. The van der Waals surface area contributed by atoms with Crippen molar-refractivity contribution in [3.05, 3.63) is 47.8 Å². The summed E-state index contributed by atoms with van der Waals surface area (Å²) < 4.78 is 68.8. The summed E-state index contributed by atoms with van der Waals surface area (Å²) in [7, 11) is -0.668. The summed E-state index contributed by atoms with van der Waals surface area (Å²) in [4.78, 5) is 12.5. The molecule has 0 radical (unpaired) electrons. The molecule has 1 aromatic carbocycles. The molecule has 5 rings (SSSR count). The van der Waals surface area contributed by atoms with E-state index in [1.165, 1.54) is 16.1 Å². The smallest absolute Gasteiger partial charge is 0.324 e. The Bertz CT molecular complexity index is 1670. The summed E-state index contributed by atoms with van der Waals surface area (Å²) in [6, 6.07) is 10.5. The lowest BCUT2D eigenvalue weighted by molar-refractivity contribution is -0.141. The molecule has 0 bridgehead atoms. The Morgan fingerprint density at radius 2 is 1.83 bits per heavy atom. The Morgan fingerprint density at radius 1 is 1.11 bits per heavy atom. The van der Waals surface area contributed by atoms with E-state index in [-0.39, 0.29) is 27.8 Å².